The lowest BCUT2D eigenvalue weighted by Gasteiger charge is -2.08. The molecule has 0 atom stereocenters. The van der Waals surface area contributed by atoms with E-state index in [-0.39, 0.29) is 5.82 Å². The standard InChI is InChI=1S/C21H16BrCl2FN6S/c22-15-12-31(10-13-4-1-2-7-18(13)25)29-20(15)27-21(32)26-19-8-9-30(28-19)11-14-16(23)5-3-6-17(14)24/h1-9,12H,10-11H2,(H2,26,27,28,29,32). The lowest BCUT2D eigenvalue weighted by atomic mass is 10.2. The van der Waals surface area contributed by atoms with Gasteiger partial charge in [0.15, 0.2) is 16.7 Å². The lowest BCUT2D eigenvalue weighted by molar-refractivity contribution is 0.586. The maximum atomic E-state index is 13.9. The summed E-state index contributed by atoms with van der Waals surface area (Å²) in [6.45, 7) is 0.717. The molecule has 4 rings (SSSR count). The van der Waals surface area contributed by atoms with Gasteiger partial charge in [-0.15, -0.1) is 0 Å². The summed E-state index contributed by atoms with van der Waals surface area (Å²) in [5.74, 6) is 0.771. The molecule has 0 aliphatic rings. The molecule has 2 heterocycles. The van der Waals surface area contributed by atoms with Crippen molar-refractivity contribution in [2.24, 2.45) is 0 Å². The van der Waals surface area contributed by atoms with Crippen LogP contribution >= 0.6 is 51.3 Å². The highest BCUT2D eigenvalue weighted by molar-refractivity contribution is 9.10. The molecule has 0 unspecified atom stereocenters. The van der Waals surface area contributed by atoms with Gasteiger partial charge in [0.05, 0.1) is 17.6 Å². The van der Waals surface area contributed by atoms with Gasteiger partial charge in [-0.05, 0) is 46.3 Å². The maximum absolute atomic E-state index is 13.9. The molecule has 2 aromatic heterocycles. The SMILES string of the molecule is Fc1ccccc1Cn1cc(Br)c(NC(=S)Nc2ccn(Cc3c(Cl)cccc3Cl)n2)n1. The third kappa shape index (κ3) is 5.47. The van der Waals surface area contributed by atoms with E-state index in [2.05, 4.69) is 36.8 Å². The second kappa shape index (κ2) is 9.99. The number of anilines is 2. The normalized spacial score (nSPS) is 10.9. The summed E-state index contributed by atoms with van der Waals surface area (Å²) < 4.78 is 17.9. The summed E-state index contributed by atoms with van der Waals surface area (Å²) in [6.07, 6.45) is 3.54. The number of aromatic nitrogens is 4. The van der Waals surface area contributed by atoms with Crippen molar-refractivity contribution in [1.82, 2.24) is 19.6 Å². The van der Waals surface area contributed by atoms with Gasteiger partial charge < -0.3 is 10.6 Å². The molecule has 2 aromatic carbocycles. The van der Waals surface area contributed by atoms with Gasteiger partial charge in [-0.2, -0.15) is 10.2 Å². The van der Waals surface area contributed by atoms with Crippen LogP contribution in [0.15, 0.2) is 65.4 Å². The van der Waals surface area contributed by atoms with Crippen molar-refractivity contribution in [3.05, 3.63) is 92.4 Å². The Morgan fingerprint density at radius 2 is 1.72 bits per heavy atom. The Morgan fingerprint density at radius 3 is 2.47 bits per heavy atom. The first kappa shape index (κ1) is 22.7. The number of thiocarbonyl (C=S) groups is 1. The number of benzene rings is 2. The molecular formula is C21H16BrCl2FN6S. The van der Waals surface area contributed by atoms with Crippen LogP contribution in [0.4, 0.5) is 16.0 Å². The van der Waals surface area contributed by atoms with Crippen LogP contribution in [0.1, 0.15) is 11.1 Å². The molecule has 11 heteroatoms. The molecule has 0 spiro atoms. The smallest absolute Gasteiger partial charge is 0.177 e. The molecule has 0 amide bonds. The first-order valence-electron chi connectivity index (χ1n) is 9.40. The van der Waals surface area contributed by atoms with E-state index < -0.39 is 0 Å². The zero-order valence-electron chi connectivity index (χ0n) is 16.4. The van der Waals surface area contributed by atoms with Gasteiger partial charge >= 0.3 is 0 Å². The molecule has 0 aliphatic carbocycles. The number of nitrogens with one attached hydrogen (secondary N) is 2. The Hall–Kier alpha value is -2.46. The zero-order chi connectivity index (χ0) is 22.7. The van der Waals surface area contributed by atoms with Crippen LogP contribution in [0.5, 0.6) is 0 Å². The minimum absolute atomic E-state index is 0.278. The van der Waals surface area contributed by atoms with Crippen LogP contribution in [0.3, 0.4) is 0 Å². The van der Waals surface area contributed by atoms with Gasteiger partial charge in [0.2, 0.25) is 0 Å². The third-order valence-electron chi connectivity index (χ3n) is 4.50. The Balaban J connectivity index is 1.38. The average Bonchev–Trinajstić information content (AvgIpc) is 3.32. The second-order valence-electron chi connectivity index (χ2n) is 6.79. The van der Waals surface area contributed by atoms with Crippen molar-refractivity contribution in [3.63, 3.8) is 0 Å². The van der Waals surface area contributed by atoms with E-state index in [1.165, 1.54) is 6.07 Å². The Morgan fingerprint density at radius 1 is 0.969 bits per heavy atom. The van der Waals surface area contributed by atoms with Crippen molar-refractivity contribution in [1.29, 1.82) is 0 Å². The number of rotatable bonds is 6. The van der Waals surface area contributed by atoms with Gasteiger partial charge in [0, 0.05) is 39.6 Å². The van der Waals surface area contributed by atoms with Crippen molar-refractivity contribution >= 4 is 68.1 Å². The predicted molar refractivity (Wildman–Crippen MR) is 133 cm³/mol. The van der Waals surface area contributed by atoms with E-state index in [0.717, 1.165) is 5.56 Å². The van der Waals surface area contributed by atoms with Gasteiger partial charge in [-0.25, -0.2) is 4.39 Å². The largest absolute Gasteiger partial charge is 0.316 e. The van der Waals surface area contributed by atoms with Gasteiger partial charge in [0.1, 0.15) is 5.82 Å². The minimum atomic E-state index is -0.278. The van der Waals surface area contributed by atoms with E-state index in [0.29, 0.717) is 49.9 Å². The fourth-order valence-corrected chi connectivity index (χ4v) is 4.11. The molecule has 2 N–H and O–H groups in total. The van der Waals surface area contributed by atoms with Crippen molar-refractivity contribution in [2.75, 3.05) is 10.6 Å². The lowest BCUT2D eigenvalue weighted by Crippen LogP contribution is -2.20. The molecule has 0 saturated heterocycles. The van der Waals surface area contributed by atoms with Crippen molar-refractivity contribution in [2.45, 2.75) is 13.1 Å². The summed E-state index contributed by atoms with van der Waals surface area (Å²) in [6, 6.07) is 13.7. The summed E-state index contributed by atoms with van der Waals surface area (Å²) >= 11 is 21.3. The third-order valence-corrected chi connectivity index (χ3v) is 6.00. The van der Waals surface area contributed by atoms with Gasteiger partial charge in [-0.3, -0.25) is 9.36 Å². The fraction of sp³-hybridized carbons (Fsp3) is 0.0952. The first-order valence-corrected chi connectivity index (χ1v) is 11.4. The molecule has 0 fully saturated rings. The van der Waals surface area contributed by atoms with Crippen LogP contribution in [0.25, 0.3) is 0 Å². The summed E-state index contributed by atoms with van der Waals surface area (Å²) in [5, 5.41) is 16.4. The Kier molecular flexibility index (Phi) is 7.10. The molecule has 0 aliphatic heterocycles. The van der Waals surface area contributed by atoms with E-state index >= 15 is 0 Å². The predicted octanol–water partition coefficient (Wildman–Crippen LogP) is 6.19. The molecule has 164 valence electrons. The highest BCUT2D eigenvalue weighted by atomic mass is 79.9. The second-order valence-corrected chi connectivity index (χ2v) is 8.87. The summed E-state index contributed by atoms with van der Waals surface area (Å²) in [7, 11) is 0. The average molecular weight is 554 g/mol. The van der Waals surface area contributed by atoms with Crippen LogP contribution < -0.4 is 10.6 Å². The Bertz CT molecular complexity index is 1250. The monoisotopic (exact) mass is 552 g/mol. The van der Waals surface area contributed by atoms with Gasteiger partial charge in [-0.1, -0.05) is 47.5 Å². The van der Waals surface area contributed by atoms with Gasteiger partial charge in [0.25, 0.3) is 0 Å². The molecule has 0 saturated carbocycles. The molecule has 0 radical (unpaired) electrons. The van der Waals surface area contributed by atoms with Crippen LogP contribution in [0, 0.1) is 5.82 Å². The quantitative estimate of drug-likeness (QED) is 0.279. The molecule has 4 aromatic rings. The highest BCUT2D eigenvalue weighted by Gasteiger charge is 2.12. The highest BCUT2D eigenvalue weighted by Crippen LogP contribution is 2.25. The fourth-order valence-electron chi connectivity index (χ4n) is 2.98. The van der Waals surface area contributed by atoms with E-state index in [1.807, 2.05) is 0 Å². The van der Waals surface area contributed by atoms with Crippen molar-refractivity contribution in [3.8, 4) is 0 Å². The van der Waals surface area contributed by atoms with E-state index in [4.69, 9.17) is 35.4 Å². The molecular weight excluding hydrogens is 538 g/mol. The number of hydrogen-bond acceptors (Lipinski definition) is 3. The van der Waals surface area contributed by atoms with Crippen LogP contribution in [-0.4, -0.2) is 24.7 Å². The van der Waals surface area contributed by atoms with Crippen LogP contribution in [0.2, 0.25) is 10.0 Å². The van der Waals surface area contributed by atoms with Crippen LogP contribution in [-0.2, 0) is 13.1 Å². The maximum Gasteiger partial charge on any atom is 0.177 e. The number of halogens is 4. The van der Waals surface area contributed by atoms with E-state index in [1.54, 1.807) is 64.2 Å². The topological polar surface area (TPSA) is 59.7 Å². The molecule has 6 nitrogen and oxygen atoms in total. The molecule has 32 heavy (non-hydrogen) atoms. The zero-order valence-corrected chi connectivity index (χ0v) is 20.3. The number of hydrogen-bond donors (Lipinski definition) is 2. The minimum Gasteiger partial charge on any atom is -0.316 e. The first-order chi connectivity index (χ1) is 15.4. The van der Waals surface area contributed by atoms with E-state index in [9.17, 15) is 4.39 Å². The summed E-state index contributed by atoms with van der Waals surface area (Å²) in [4.78, 5) is 0. The number of nitrogens with zero attached hydrogens (tertiary/aromatic N) is 4. The summed E-state index contributed by atoms with van der Waals surface area (Å²) in [5.41, 5.74) is 1.33. The Labute approximate surface area is 207 Å². The van der Waals surface area contributed by atoms with Crippen molar-refractivity contribution < 1.29 is 4.39 Å². The molecule has 0 bridgehead atoms.